The van der Waals surface area contributed by atoms with E-state index in [1.807, 2.05) is 51.1 Å². The molecule has 1 aromatic carbocycles. The lowest BCUT2D eigenvalue weighted by Gasteiger charge is -2.31. The molecule has 0 radical (unpaired) electrons. The molecule has 3 amide bonds. The number of rotatable bonds is 3. The maximum absolute atomic E-state index is 12.8. The molecule has 1 saturated heterocycles. The number of benzene rings is 1. The monoisotopic (exact) mass is 451 g/mol. The van der Waals surface area contributed by atoms with Gasteiger partial charge in [0.2, 0.25) is 5.91 Å². The molecule has 2 N–H and O–H groups in total. The summed E-state index contributed by atoms with van der Waals surface area (Å²) in [6.45, 7) is 6.45. The van der Waals surface area contributed by atoms with Gasteiger partial charge in [0.15, 0.2) is 0 Å². The van der Waals surface area contributed by atoms with Crippen molar-refractivity contribution < 1.29 is 19.1 Å². The minimum Gasteiger partial charge on any atom is -0.444 e. The second-order valence-electron chi connectivity index (χ2n) is 7.45. The van der Waals surface area contributed by atoms with Crippen LogP contribution in [0, 0.1) is 0 Å². The van der Waals surface area contributed by atoms with Gasteiger partial charge in [-0.05, 0) is 39.2 Å². The van der Waals surface area contributed by atoms with Crippen molar-refractivity contribution in [3.8, 4) is 0 Å². The Balaban J connectivity index is 2.17. The van der Waals surface area contributed by atoms with Gasteiger partial charge in [0.05, 0.1) is 5.33 Å². The Morgan fingerprint density at radius 3 is 2.21 bits per heavy atom. The summed E-state index contributed by atoms with van der Waals surface area (Å²) in [4.78, 5) is 38.1. The van der Waals surface area contributed by atoms with E-state index in [0.717, 1.165) is 11.1 Å². The lowest BCUT2D eigenvalue weighted by Crippen LogP contribution is -2.43. The minimum absolute atomic E-state index is 0.0926. The lowest BCUT2D eigenvalue weighted by atomic mass is 9.92. The zero-order chi connectivity index (χ0) is 20.7. The molecule has 28 heavy (non-hydrogen) atoms. The number of piperidine rings is 1. The fourth-order valence-electron chi connectivity index (χ4n) is 2.86. The Hall–Kier alpha value is -2.35. The van der Waals surface area contributed by atoms with Crippen LogP contribution in [0.15, 0.2) is 35.9 Å². The van der Waals surface area contributed by atoms with Crippen molar-refractivity contribution in [3.05, 3.63) is 41.5 Å². The molecule has 0 bridgehead atoms. The van der Waals surface area contributed by atoms with Crippen molar-refractivity contribution in [2.75, 3.05) is 18.4 Å². The van der Waals surface area contributed by atoms with Crippen LogP contribution in [0.5, 0.6) is 0 Å². The molecule has 152 valence electrons. The number of halogens is 1. The highest BCUT2D eigenvalue weighted by Crippen LogP contribution is 2.27. The number of alkyl halides is 1. The van der Waals surface area contributed by atoms with E-state index in [0.29, 0.717) is 31.5 Å². The van der Waals surface area contributed by atoms with E-state index in [4.69, 9.17) is 4.74 Å². The quantitative estimate of drug-likeness (QED) is 0.419. The van der Waals surface area contributed by atoms with E-state index in [-0.39, 0.29) is 23.2 Å². The van der Waals surface area contributed by atoms with Crippen LogP contribution >= 0.6 is 15.9 Å². The molecular weight excluding hydrogens is 426 g/mol. The van der Waals surface area contributed by atoms with Gasteiger partial charge in [-0.3, -0.25) is 20.4 Å². The van der Waals surface area contributed by atoms with E-state index in [2.05, 4.69) is 26.8 Å². The molecular formula is C20H26BrN3O4. The Labute approximate surface area is 173 Å². The van der Waals surface area contributed by atoms with Crippen LogP contribution in [0.4, 0.5) is 4.79 Å². The third kappa shape index (κ3) is 6.37. The van der Waals surface area contributed by atoms with Crippen LogP contribution < -0.4 is 10.9 Å². The second kappa shape index (κ2) is 9.73. The van der Waals surface area contributed by atoms with E-state index in [9.17, 15) is 14.4 Å². The first-order valence-corrected chi connectivity index (χ1v) is 10.2. The van der Waals surface area contributed by atoms with Crippen LogP contribution in [0.1, 0.15) is 39.2 Å². The summed E-state index contributed by atoms with van der Waals surface area (Å²) in [6.07, 6.45) is 0.772. The fraction of sp³-hybridized carbons (Fsp3) is 0.450. The van der Waals surface area contributed by atoms with E-state index in [1.165, 1.54) is 0 Å². The summed E-state index contributed by atoms with van der Waals surface area (Å²) in [6, 6.07) is 9.30. The summed E-state index contributed by atoms with van der Waals surface area (Å²) < 4.78 is 5.42. The highest BCUT2D eigenvalue weighted by atomic mass is 79.9. The Morgan fingerprint density at radius 2 is 1.68 bits per heavy atom. The Morgan fingerprint density at radius 1 is 1.07 bits per heavy atom. The Bertz CT molecular complexity index is 746. The summed E-state index contributed by atoms with van der Waals surface area (Å²) in [5.41, 5.74) is 6.53. The largest absolute Gasteiger partial charge is 0.444 e. The second-order valence-corrected chi connectivity index (χ2v) is 8.01. The number of nitrogens with one attached hydrogen (secondary N) is 2. The SMILES string of the molecule is CC(C)(C)OC(=O)N1CCC(=C(C(=O)NNC(=O)CBr)c2ccccc2)CC1. The molecule has 1 aliphatic heterocycles. The molecule has 2 rings (SSSR count). The average Bonchev–Trinajstić information content (AvgIpc) is 2.66. The molecule has 0 atom stereocenters. The summed E-state index contributed by atoms with van der Waals surface area (Å²) in [7, 11) is 0. The molecule has 0 aromatic heterocycles. The highest BCUT2D eigenvalue weighted by Gasteiger charge is 2.27. The number of nitrogens with zero attached hydrogens (tertiary/aromatic N) is 1. The number of hydrazine groups is 1. The van der Waals surface area contributed by atoms with Crippen molar-refractivity contribution in [2.24, 2.45) is 0 Å². The van der Waals surface area contributed by atoms with E-state index >= 15 is 0 Å². The first kappa shape index (κ1) is 21.9. The number of carbonyl (C=O) groups is 3. The van der Waals surface area contributed by atoms with Gasteiger partial charge < -0.3 is 9.64 Å². The smallest absolute Gasteiger partial charge is 0.410 e. The highest BCUT2D eigenvalue weighted by molar-refractivity contribution is 9.09. The Kier molecular flexibility index (Phi) is 7.62. The maximum atomic E-state index is 12.8. The van der Waals surface area contributed by atoms with Gasteiger partial charge >= 0.3 is 6.09 Å². The van der Waals surface area contributed by atoms with Gasteiger partial charge in [0.1, 0.15) is 5.60 Å². The van der Waals surface area contributed by atoms with Crippen LogP contribution in [0.3, 0.4) is 0 Å². The summed E-state index contributed by atoms with van der Waals surface area (Å²) in [5.74, 6) is -0.716. The minimum atomic E-state index is -0.546. The van der Waals surface area contributed by atoms with Crippen LogP contribution in [-0.4, -0.2) is 46.8 Å². The number of hydrogen-bond acceptors (Lipinski definition) is 4. The van der Waals surface area contributed by atoms with E-state index < -0.39 is 5.60 Å². The van der Waals surface area contributed by atoms with Gasteiger partial charge in [-0.15, -0.1) is 0 Å². The maximum Gasteiger partial charge on any atom is 0.410 e. The zero-order valence-electron chi connectivity index (χ0n) is 16.4. The number of hydrogen-bond donors (Lipinski definition) is 2. The first-order chi connectivity index (χ1) is 13.2. The predicted molar refractivity (Wildman–Crippen MR) is 110 cm³/mol. The number of ether oxygens (including phenoxy) is 1. The summed E-state index contributed by atoms with van der Waals surface area (Å²) >= 11 is 3.04. The van der Waals surface area contributed by atoms with Crippen molar-refractivity contribution in [2.45, 2.75) is 39.2 Å². The van der Waals surface area contributed by atoms with Gasteiger partial charge in [0, 0.05) is 18.7 Å². The van der Waals surface area contributed by atoms with Crippen LogP contribution in [0.2, 0.25) is 0 Å². The molecule has 0 saturated carbocycles. The molecule has 0 spiro atoms. The van der Waals surface area contributed by atoms with Gasteiger partial charge in [0.25, 0.3) is 5.91 Å². The standard InChI is InChI=1S/C20H26BrN3O4/c1-20(2,3)28-19(27)24-11-9-15(10-12-24)17(14-7-5-4-6-8-14)18(26)23-22-16(25)13-21/h4-8H,9-13H2,1-3H3,(H,22,25)(H,23,26). The average molecular weight is 452 g/mol. The summed E-state index contributed by atoms with van der Waals surface area (Å²) in [5, 5.41) is 0.0926. The topological polar surface area (TPSA) is 87.7 Å². The third-order valence-electron chi connectivity index (χ3n) is 4.10. The molecule has 1 heterocycles. The zero-order valence-corrected chi connectivity index (χ0v) is 18.0. The molecule has 7 nitrogen and oxygen atoms in total. The molecule has 1 aliphatic rings. The van der Waals surface area contributed by atoms with Crippen molar-refractivity contribution in [3.63, 3.8) is 0 Å². The van der Waals surface area contributed by atoms with Gasteiger partial charge in [-0.25, -0.2) is 4.79 Å². The third-order valence-corrected chi connectivity index (χ3v) is 4.61. The van der Waals surface area contributed by atoms with Gasteiger partial charge in [-0.2, -0.15) is 0 Å². The fourth-order valence-corrected chi connectivity index (χ4v) is 3.00. The van der Waals surface area contributed by atoms with Crippen molar-refractivity contribution in [1.82, 2.24) is 15.8 Å². The van der Waals surface area contributed by atoms with Crippen molar-refractivity contribution in [1.29, 1.82) is 0 Å². The molecule has 1 fully saturated rings. The molecule has 1 aromatic rings. The predicted octanol–water partition coefficient (Wildman–Crippen LogP) is 3.01. The normalized spacial score (nSPS) is 14.3. The number of amides is 3. The molecule has 8 heteroatoms. The molecule has 0 unspecified atom stereocenters. The van der Waals surface area contributed by atoms with Crippen LogP contribution in [-0.2, 0) is 14.3 Å². The van der Waals surface area contributed by atoms with E-state index in [1.54, 1.807) is 4.90 Å². The molecule has 0 aliphatic carbocycles. The number of carbonyl (C=O) groups excluding carboxylic acids is 3. The van der Waals surface area contributed by atoms with Crippen molar-refractivity contribution >= 4 is 39.4 Å². The number of likely N-dealkylation sites (tertiary alicyclic amines) is 1. The van der Waals surface area contributed by atoms with Crippen LogP contribution in [0.25, 0.3) is 5.57 Å². The lowest BCUT2D eigenvalue weighted by molar-refractivity contribution is -0.124. The van der Waals surface area contributed by atoms with Gasteiger partial charge in [-0.1, -0.05) is 51.8 Å². The first-order valence-electron chi connectivity index (χ1n) is 9.12.